The molecule has 1 saturated heterocycles. The zero-order valence-electron chi connectivity index (χ0n) is 18.0. The van der Waals surface area contributed by atoms with Gasteiger partial charge in [-0.3, -0.25) is 9.59 Å². The van der Waals surface area contributed by atoms with Gasteiger partial charge in [-0.2, -0.15) is 5.10 Å². The highest BCUT2D eigenvalue weighted by Crippen LogP contribution is 2.19. The summed E-state index contributed by atoms with van der Waals surface area (Å²) < 4.78 is 7.09. The zero-order valence-corrected chi connectivity index (χ0v) is 18.0. The minimum atomic E-state index is -0.247. The van der Waals surface area contributed by atoms with Crippen LogP contribution in [0.3, 0.4) is 0 Å². The van der Waals surface area contributed by atoms with Crippen LogP contribution in [-0.2, 0) is 16.1 Å². The van der Waals surface area contributed by atoms with Gasteiger partial charge in [0.25, 0.3) is 5.91 Å². The number of likely N-dealkylation sites (N-methyl/N-ethyl adjacent to an activating group) is 1. The maximum Gasteiger partial charge on any atom is 0.254 e. The molecular formula is C23H26N6O3. The third-order valence-electron chi connectivity index (χ3n) is 5.27. The molecule has 166 valence electrons. The number of ether oxygens (including phenoxy) is 1. The largest absolute Gasteiger partial charge is 0.378 e. The summed E-state index contributed by atoms with van der Waals surface area (Å²) in [4.78, 5) is 32.7. The van der Waals surface area contributed by atoms with Gasteiger partial charge in [-0.25, -0.2) is 9.67 Å². The molecule has 0 atom stereocenters. The number of amides is 2. The van der Waals surface area contributed by atoms with Crippen LogP contribution < -0.4 is 10.2 Å². The minimum absolute atomic E-state index is 0.0369. The molecule has 1 aliphatic heterocycles. The first-order valence-corrected chi connectivity index (χ1v) is 10.5. The van der Waals surface area contributed by atoms with Crippen LogP contribution in [0.2, 0.25) is 0 Å². The summed E-state index contributed by atoms with van der Waals surface area (Å²) in [6, 6.07) is 15.0. The second-order valence-electron chi connectivity index (χ2n) is 7.65. The lowest BCUT2D eigenvalue weighted by atomic mass is 10.1. The minimum Gasteiger partial charge on any atom is -0.378 e. The summed E-state index contributed by atoms with van der Waals surface area (Å²) >= 11 is 0. The number of anilines is 2. The SMILES string of the molecule is CN(CC(=O)Nc1ccc(N2CCOCC2)cc1)C(=O)c1ccc(Cn2cncn2)cc1. The Bertz CT molecular complexity index is 1030. The highest BCUT2D eigenvalue weighted by molar-refractivity contribution is 5.99. The number of hydrogen-bond donors (Lipinski definition) is 1. The molecule has 1 N–H and O–H groups in total. The molecule has 0 radical (unpaired) electrons. The van der Waals surface area contributed by atoms with Crippen LogP contribution in [0.15, 0.2) is 61.2 Å². The number of aromatic nitrogens is 3. The normalized spacial score (nSPS) is 13.6. The Hall–Kier alpha value is -3.72. The molecule has 0 unspecified atom stereocenters. The Kier molecular flexibility index (Phi) is 6.76. The van der Waals surface area contributed by atoms with Crippen molar-refractivity contribution in [2.24, 2.45) is 0 Å². The van der Waals surface area contributed by atoms with E-state index in [4.69, 9.17) is 4.74 Å². The Balaban J connectivity index is 1.28. The molecule has 32 heavy (non-hydrogen) atoms. The Morgan fingerprint density at radius 3 is 2.44 bits per heavy atom. The van der Waals surface area contributed by atoms with Crippen molar-refractivity contribution in [1.29, 1.82) is 0 Å². The first kappa shape index (κ1) is 21.5. The first-order valence-electron chi connectivity index (χ1n) is 10.5. The van der Waals surface area contributed by atoms with Crippen molar-refractivity contribution in [3.8, 4) is 0 Å². The van der Waals surface area contributed by atoms with Gasteiger partial charge in [0.1, 0.15) is 12.7 Å². The Morgan fingerprint density at radius 1 is 1.06 bits per heavy atom. The molecule has 2 aromatic carbocycles. The number of nitrogens with zero attached hydrogens (tertiary/aromatic N) is 5. The molecule has 1 aromatic heterocycles. The monoisotopic (exact) mass is 434 g/mol. The molecule has 9 nitrogen and oxygen atoms in total. The van der Waals surface area contributed by atoms with Crippen LogP contribution in [-0.4, -0.2) is 71.4 Å². The van der Waals surface area contributed by atoms with E-state index in [1.807, 2.05) is 36.4 Å². The van der Waals surface area contributed by atoms with Crippen LogP contribution in [0.4, 0.5) is 11.4 Å². The molecule has 1 fully saturated rings. The Labute approximate surface area is 186 Å². The fraction of sp³-hybridized carbons (Fsp3) is 0.304. The van der Waals surface area contributed by atoms with E-state index in [-0.39, 0.29) is 18.4 Å². The maximum absolute atomic E-state index is 12.7. The second kappa shape index (κ2) is 10.1. The number of morpholine rings is 1. The van der Waals surface area contributed by atoms with E-state index < -0.39 is 0 Å². The topological polar surface area (TPSA) is 92.6 Å². The van der Waals surface area contributed by atoms with Gasteiger partial charge in [0.2, 0.25) is 5.91 Å². The van der Waals surface area contributed by atoms with Crippen molar-refractivity contribution < 1.29 is 14.3 Å². The molecule has 0 spiro atoms. The fourth-order valence-electron chi connectivity index (χ4n) is 3.54. The first-order chi connectivity index (χ1) is 15.6. The maximum atomic E-state index is 12.7. The van der Waals surface area contributed by atoms with Gasteiger partial charge in [-0.15, -0.1) is 0 Å². The third-order valence-corrected chi connectivity index (χ3v) is 5.27. The highest BCUT2D eigenvalue weighted by Gasteiger charge is 2.16. The molecule has 0 bridgehead atoms. The summed E-state index contributed by atoms with van der Waals surface area (Å²) in [6.07, 6.45) is 3.12. The van der Waals surface area contributed by atoms with Gasteiger partial charge in [-0.1, -0.05) is 12.1 Å². The molecule has 0 saturated carbocycles. The lowest BCUT2D eigenvalue weighted by Crippen LogP contribution is -2.36. The zero-order chi connectivity index (χ0) is 22.3. The summed E-state index contributed by atoms with van der Waals surface area (Å²) in [7, 11) is 1.62. The lowest BCUT2D eigenvalue weighted by molar-refractivity contribution is -0.116. The summed E-state index contributed by atoms with van der Waals surface area (Å²) in [5.41, 5.74) is 3.33. The number of carbonyl (C=O) groups is 2. The lowest BCUT2D eigenvalue weighted by Gasteiger charge is -2.28. The third kappa shape index (κ3) is 5.50. The van der Waals surface area contributed by atoms with Gasteiger partial charge in [0, 0.05) is 37.1 Å². The molecule has 1 aliphatic rings. The molecule has 9 heteroatoms. The van der Waals surface area contributed by atoms with Gasteiger partial charge in [0.15, 0.2) is 0 Å². The van der Waals surface area contributed by atoms with Crippen LogP contribution in [0.25, 0.3) is 0 Å². The van der Waals surface area contributed by atoms with Crippen LogP contribution in [0, 0.1) is 0 Å². The van der Waals surface area contributed by atoms with Crippen LogP contribution in [0.1, 0.15) is 15.9 Å². The van der Waals surface area contributed by atoms with Crippen molar-refractivity contribution in [3.63, 3.8) is 0 Å². The fourth-order valence-corrected chi connectivity index (χ4v) is 3.54. The van der Waals surface area contributed by atoms with E-state index in [1.54, 1.807) is 30.2 Å². The number of nitrogens with one attached hydrogen (secondary N) is 1. The molecule has 0 aliphatic carbocycles. The van der Waals surface area contributed by atoms with E-state index in [1.165, 1.54) is 11.2 Å². The summed E-state index contributed by atoms with van der Waals surface area (Å²) in [5, 5.41) is 6.92. The van der Waals surface area contributed by atoms with Crippen molar-refractivity contribution in [1.82, 2.24) is 19.7 Å². The van der Waals surface area contributed by atoms with E-state index in [9.17, 15) is 9.59 Å². The van der Waals surface area contributed by atoms with Crippen molar-refractivity contribution in [2.75, 3.05) is 50.1 Å². The van der Waals surface area contributed by atoms with E-state index >= 15 is 0 Å². The second-order valence-corrected chi connectivity index (χ2v) is 7.65. The molecular weight excluding hydrogens is 408 g/mol. The van der Waals surface area contributed by atoms with E-state index in [2.05, 4.69) is 20.3 Å². The van der Waals surface area contributed by atoms with Crippen LogP contribution >= 0.6 is 0 Å². The Morgan fingerprint density at radius 2 is 1.78 bits per heavy atom. The number of benzene rings is 2. The van der Waals surface area contributed by atoms with Crippen molar-refractivity contribution in [2.45, 2.75) is 6.54 Å². The smallest absolute Gasteiger partial charge is 0.254 e. The van der Waals surface area contributed by atoms with Crippen LogP contribution in [0.5, 0.6) is 0 Å². The quantitative estimate of drug-likeness (QED) is 0.610. The molecule has 2 amide bonds. The predicted molar refractivity (Wildman–Crippen MR) is 121 cm³/mol. The number of carbonyl (C=O) groups excluding carboxylic acids is 2. The highest BCUT2D eigenvalue weighted by atomic mass is 16.5. The summed E-state index contributed by atoms with van der Waals surface area (Å²) in [5.74, 6) is -0.460. The molecule has 3 aromatic rings. The van der Waals surface area contributed by atoms with Gasteiger partial charge in [-0.05, 0) is 42.0 Å². The number of hydrogen-bond acceptors (Lipinski definition) is 6. The summed E-state index contributed by atoms with van der Waals surface area (Å²) in [6.45, 7) is 3.72. The van der Waals surface area contributed by atoms with E-state index in [0.717, 1.165) is 37.6 Å². The predicted octanol–water partition coefficient (Wildman–Crippen LogP) is 1.87. The standard InChI is InChI=1S/C23H26N6O3/c1-27(23(31)19-4-2-18(3-5-19)14-29-17-24-16-25-29)15-22(30)26-20-6-8-21(9-7-20)28-10-12-32-13-11-28/h2-9,16-17H,10-15H2,1H3,(H,26,30). The average Bonchev–Trinajstić information content (AvgIpc) is 3.33. The van der Waals surface area contributed by atoms with Gasteiger partial charge < -0.3 is 19.9 Å². The van der Waals surface area contributed by atoms with Gasteiger partial charge >= 0.3 is 0 Å². The number of rotatable bonds is 7. The van der Waals surface area contributed by atoms with E-state index in [0.29, 0.717) is 17.8 Å². The van der Waals surface area contributed by atoms with Crippen molar-refractivity contribution >= 4 is 23.2 Å². The van der Waals surface area contributed by atoms with Crippen molar-refractivity contribution in [3.05, 3.63) is 72.3 Å². The van der Waals surface area contributed by atoms with Gasteiger partial charge in [0.05, 0.1) is 26.3 Å². The molecule has 4 rings (SSSR count). The average molecular weight is 435 g/mol. The molecule has 2 heterocycles.